The second-order valence-corrected chi connectivity index (χ2v) is 10.2. The van der Waals surface area contributed by atoms with Crippen molar-refractivity contribution in [3.05, 3.63) is 83.1 Å². The predicted octanol–water partition coefficient (Wildman–Crippen LogP) is 4.21. The second kappa shape index (κ2) is 9.24. The lowest BCUT2D eigenvalue weighted by Crippen LogP contribution is -2.31. The number of aliphatic hydroxyl groups is 1. The van der Waals surface area contributed by atoms with E-state index in [1.165, 1.54) is 12.1 Å². The van der Waals surface area contributed by atoms with Crippen molar-refractivity contribution >= 4 is 17.4 Å². The van der Waals surface area contributed by atoms with Gasteiger partial charge in [0.2, 0.25) is 0 Å². The minimum atomic E-state index is -0.343. The van der Waals surface area contributed by atoms with Gasteiger partial charge in [0.15, 0.2) is 0 Å². The molecule has 1 aliphatic heterocycles. The Morgan fingerprint density at radius 2 is 2.00 bits per heavy atom. The summed E-state index contributed by atoms with van der Waals surface area (Å²) in [5, 5.41) is 11.6. The van der Waals surface area contributed by atoms with Crippen LogP contribution >= 0.6 is 0 Å². The normalized spacial score (nSPS) is 19.3. The first-order valence-corrected chi connectivity index (χ1v) is 12.5. The molecule has 37 heavy (non-hydrogen) atoms. The Kier molecular flexibility index (Phi) is 5.89. The molecular formula is C28H29FN6O2. The molecule has 2 N–H and O–H groups in total. The molecule has 0 radical (unpaired) electrons. The number of hydrazine groups is 1. The summed E-state index contributed by atoms with van der Waals surface area (Å²) >= 11 is 0. The zero-order valence-electron chi connectivity index (χ0n) is 20.9. The molecule has 9 heteroatoms. The molecule has 4 aromatic rings. The van der Waals surface area contributed by atoms with Crippen molar-refractivity contribution in [1.29, 1.82) is 0 Å². The second-order valence-electron chi connectivity index (χ2n) is 10.2. The molecule has 8 nitrogen and oxygen atoms in total. The highest BCUT2D eigenvalue weighted by molar-refractivity contribution is 6.01. The maximum Gasteiger partial charge on any atom is 0.272 e. The molecule has 0 saturated heterocycles. The maximum absolute atomic E-state index is 13.7. The highest BCUT2D eigenvalue weighted by atomic mass is 19.1. The minimum absolute atomic E-state index is 0.129. The number of amides is 1. The third kappa shape index (κ3) is 4.34. The third-order valence-corrected chi connectivity index (χ3v) is 7.29. The molecule has 190 valence electrons. The lowest BCUT2D eigenvalue weighted by atomic mass is 9.95. The topological polar surface area (TPSA) is 86.0 Å². The standard InChI is InChI=1S/C28H29FN6O2/c1-33(2)16-24-20(17-6-7-19(36)12-17)8-9-26(31-24)32-35-15-23-21(4-3-5-22(23)28(35)37)25-14-30-27-13-18(29)10-11-34(25)27/h3-5,8-11,13-14,17,19,36H,6-7,12,15-16H2,1-2H3,(H,31,32)/t17-,19+/m0/s1. The summed E-state index contributed by atoms with van der Waals surface area (Å²) in [7, 11) is 4.01. The molecule has 4 heterocycles. The quantitative estimate of drug-likeness (QED) is 0.413. The highest BCUT2D eigenvalue weighted by Gasteiger charge is 2.31. The van der Waals surface area contributed by atoms with Crippen LogP contribution in [0.5, 0.6) is 0 Å². The van der Waals surface area contributed by atoms with Gasteiger partial charge >= 0.3 is 0 Å². The number of pyridine rings is 2. The number of halogens is 1. The Balaban J connectivity index is 1.29. The van der Waals surface area contributed by atoms with Gasteiger partial charge in [-0.1, -0.05) is 18.2 Å². The Morgan fingerprint density at radius 1 is 1.16 bits per heavy atom. The largest absolute Gasteiger partial charge is 0.393 e. The van der Waals surface area contributed by atoms with Gasteiger partial charge in [-0.15, -0.1) is 0 Å². The van der Waals surface area contributed by atoms with E-state index < -0.39 is 0 Å². The summed E-state index contributed by atoms with van der Waals surface area (Å²) in [6.45, 7) is 1.03. The molecule has 1 aliphatic carbocycles. The number of hydrogen-bond acceptors (Lipinski definition) is 6. The fourth-order valence-electron chi connectivity index (χ4n) is 5.57. The number of benzene rings is 1. The molecule has 1 aromatic carbocycles. The lowest BCUT2D eigenvalue weighted by Gasteiger charge is -2.22. The van der Waals surface area contributed by atoms with Crippen LogP contribution in [-0.2, 0) is 13.1 Å². The van der Waals surface area contributed by atoms with Gasteiger partial charge in [-0.05, 0) is 68.6 Å². The van der Waals surface area contributed by atoms with Gasteiger partial charge in [0.05, 0.1) is 30.2 Å². The van der Waals surface area contributed by atoms with Crippen molar-refractivity contribution in [3.8, 4) is 11.3 Å². The van der Waals surface area contributed by atoms with Crippen molar-refractivity contribution in [2.75, 3.05) is 19.5 Å². The van der Waals surface area contributed by atoms with E-state index >= 15 is 0 Å². The number of rotatable bonds is 6. The number of imidazole rings is 1. The average molecular weight is 501 g/mol. The van der Waals surface area contributed by atoms with E-state index in [1.807, 2.05) is 42.8 Å². The number of nitrogens with zero attached hydrogens (tertiary/aromatic N) is 5. The molecule has 1 amide bonds. The summed E-state index contributed by atoms with van der Waals surface area (Å²) in [6.07, 6.45) is 5.63. The Morgan fingerprint density at radius 3 is 2.78 bits per heavy atom. The van der Waals surface area contributed by atoms with Crippen LogP contribution in [0.1, 0.15) is 52.4 Å². The van der Waals surface area contributed by atoms with Crippen molar-refractivity contribution in [2.24, 2.45) is 0 Å². The number of hydrogen-bond donors (Lipinski definition) is 2. The van der Waals surface area contributed by atoms with Crippen LogP contribution in [-0.4, -0.2) is 55.5 Å². The minimum Gasteiger partial charge on any atom is -0.393 e. The van der Waals surface area contributed by atoms with Crippen molar-refractivity contribution in [2.45, 2.75) is 44.4 Å². The fourth-order valence-corrected chi connectivity index (χ4v) is 5.57. The van der Waals surface area contributed by atoms with Gasteiger partial charge in [0.25, 0.3) is 5.91 Å². The number of aromatic nitrogens is 3. The molecule has 1 saturated carbocycles. The fraction of sp³-hybridized carbons (Fsp3) is 0.321. The van der Waals surface area contributed by atoms with E-state index in [2.05, 4.69) is 21.4 Å². The van der Waals surface area contributed by atoms with Crippen LogP contribution in [0.2, 0.25) is 0 Å². The summed E-state index contributed by atoms with van der Waals surface area (Å²) < 4.78 is 15.5. The van der Waals surface area contributed by atoms with Gasteiger partial charge in [-0.2, -0.15) is 0 Å². The first kappa shape index (κ1) is 23.6. The van der Waals surface area contributed by atoms with Gasteiger partial charge in [0.1, 0.15) is 17.3 Å². The van der Waals surface area contributed by atoms with E-state index in [0.29, 0.717) is 36.0 Å². The number of anilines is 1. The van der Waals surface area contributed by atoms with Crippen LogP contribution < -0.4 is 5.43 Å². The van der Waals surface area contributed by atoms with E-state index in [9.17, 15) is 14.3 Å². The van der Waals surface area contributed by atoms with Crippen LogP contribution in [0, 0.1) is 5.82 Å². The van der Waals surface area contributed by atoms with E-state index in [1.54, 1.807) is 17.4 Å². The third-order valence-electron chi connectivity index (χ3n) is 7.29. The van der Waals surface area contributed by atoms with Crippen LogP contribution in [0.15, 0.2) is 54.9 Å². The molecule has 6 rings (SSSR count). The molecular weight excluding hydrogens is 471 g/mol. The Bertz CT molecular complexity index is 1500. The number of nitrogens with one attached hydrogen (secondary N) is 1. The highest BCUT2D eigenvalue weighted by Crippen LogP contribution is 2.37. The molecule has 0 spiro atoms. The summed E-state index contributed by atoms with van der Waals surface area (Å²) in [5.74, 6) is 0.429. The SMILES string of the molecule is CN(C)Cc1nc(NN2Cc3c(cccc3-c3cnc4cc(F)ccn34)C2=O)ccc1[C@H]1CC[C@@H](O)C1. The number of aliphatic hydroxyl groups excluding tert-OH is 1. The van der Waals surface area contributed by atoms with E-state index in [4.69, 9.17) is 4.98 Å². The maximum atomic E-state index is 13.7. The number of carbonyl (C=O) groups excluding carboxylic acids is 1. The van der Waals surface area contributed by atoms with Crippen LogP contribution in [0.25, 0.3) is 16.9 Å². The number of fused-ring (bicyclic) bond motifs is 2. The molecule has 1 fully saturated rings. The number of carbonyl (C=O) groups is 1. The van der Waals surface area contributed by atoms with Gasteiger partial charge < -0.3 is 10.0 Å². The average Bonchev–Trinajstić information content (AvgIpc) is 3.56. The zero-order valence-corrected chi connectivity index (χ0v) is 20.9. The summed E-state index contributed by atoms with van der Waals surface area (Å²) in [4.78, 5) is 24.6. The molecule has 0 bridgehead atoms. The monoisotopic (exact) mass is 500 g/mol. The summed E-state index contributed by atoms with van der Waals surface area (Å²) in [6, 6.07) is 12.4. The summed E-state index contributed by atoms with van der Waals surface area (Å²) in [5.41, 5.74) is 9.05. The van der Waals surface area contributed by atoms with Crippen molar-refractivity contribution < 1.29 is 14.3 Å². The molecule has 2 aliphatic rings. The zero-order chi connectivity index (χ0) is 25.7. The lowest BCUT2D eigenvalue weighted by molar-refractivity contribution is 0.0814. The first-order chi connectivity index (χ1) is 17.9. The predicted molar refractivity (Wildman–Crippen MR) is 138 cm³/mol. The van der Waals surface area contributed by atoms with Gasteiger partial charge in [0, 0.05) is 29.9 Å². The molecule has 2 atom stereocenters. The van der Waals surface area contributed by atoms with E-state index in [-0.39, 0.29) is 17.8 Å². The Labute approximate surface area is 214 Å². The molecule has 0 unspecified atom stereocenters. The van der Waals surface area contributed by atoms with Crippen molar-refractivity contribution in [1.82, 2.24) is 24.3 Å². The molecule has 3 aromatic heterocycles. The van der Waals surface area contributed by atoms with Crippen molar-refractivity contribution in [3.63, 3.8) is 0 Å². The smallest absolute Gasteiger partial charge is 0.272 e. The Hall–Kier alpha value is -3.82. The first-order valence-electron chi connectivity index (χ1n) is 12.5. The van der Waals surface area contributed by atoms with Crippen LogP contribution in [0.4, 0.5) is 10.2 Å². The van der Waals surface area contributed by atoms with Gasteiger partial charge in [-0.3, -0.25) is 14.6 Å². The van der Waals surface area contributed by atoms with Crippen LogP contribution in [0.3, 0.4) is 0 Å². The van der Waals surface area contributed by atoms with E-state index in [0.717, 1.165) is 47.3 Å². The van der Waals surface area contributed by atoms with Gasteiger partial charge in [-0.25, -0.2) is 19.4 Å².